The molecule has 0 N–H and O–H groups in total. The SMILES string of the molecule is COc1ccnc(OCc2cc3n(n2)[C@H](C)CN(c2ccc(F)cc2)C3=O)c1. The minimum Gasteiger partial charge on any atom is -0.497 e. The lowest BCUT2D eigenvalue weighted by atomic mass is 10.1. The predicted octanol–water partition coefficient (Wildman–Crippen LogP) is 3.23. The maximum absolute atomic E-state index is 13.2. The van der Waals surface area contributed by atoms with Crippen LogP contribution < -0.4 is 14.4 Å². The molecule has 0 saturated heterocycles. The topological polar surface area (TPSA) is 69.5 Å². The van der Waals surface area contributed by atoms with Crippen LogP contribution in [-0.4, -0.2) is 34.3 Å². The molecular weight excluding hydrogens is 363 g/mol. The van der Waals surface area contributed by atoms with Gasteiger partial charge in [0.15, 0.2) is 0 Å². The number of carbonyl (C=O) groups is 1. The summed E-state index contributed by atoms with van der Waals surface area (Å²) in [5.74, 6) is 0.547. The van der Waals surface area contributed by atoms with Crippen LogP contribution in [0.3, 0.4) is 0 Å². The molecule has 0 bridgehead atoms. The van der Waals surface area contributed by atoms with Crippen LogP contribution in [-0.2, 0) is 6.61 Å². The summed E-state index contributed by atoms with van der Waals surface area (Å²) in [6, 6.07) is 11.0. The fraction of sp³-hybridized carbons (Fsp3) is 0.250. The van der Waals surface area contributed by atoms with Crippen LogP contribution in [0.2, 0.25) is 0 Å². The Balaban J connectivity index is 1.54. The molecule has 4 rings (SSSR count). The van der Waals surface area contributed by atoms with Crippen LogP contribution in [0.1, 0.15) is 29.1 Å². The molecule has 0 spiro atoms. The van der Waals surface area contributed by atoms with Crippen molar-refractivity contribution >= 4 is 11.6 Å². The van der Waals surface area contributed by atoms with Gasteiger partial charge in [0.25, 0.3) is 5.91 Å². The number of carbonyl (C=O) groups excluding carboxylic acids is 1. The number of ether oxygens (including phenoxy) is 2. The summed E-state index contributed by atoms with van der Waals surface area (Å²) in [5.41, 5.74) is 1.75. The van der Waals surface area contributed by atoms with Crippen molar-refractivity contribution in [3.8, 4) is 11.6 Å². The van der Waals surface area contributed by atoms with Gasteiger partial charge in [0, 0.05) is 24.5 Å². The lowest BCUT2D eigenvalue weighted by Gasteiger charge is -2.31. The number of methoxy groups -OCH3 is 1. The normalized spacial score (nSPS) is 16.0. The largest absolute Gasteiger partial charge is 0.497 e. The molecular formula is C20H19FN4O3. The van der Waals surface area contributed by atoms with Crippen LogP contribution in [0.25, 0.3) is 0 Å². The van der Waals surface area contributed by atoms with Gasteiger partial charge in [0.2, 0.25) is 5.88 Å². The van der Waals surface area contributed by atoms with E-state index in [9.17, 15) is 9.18 Å². The molecule has 1 atom stereocenters. The van der Waals surface area contributed by atoms with Crippen LogP contribution in [0.5, 0.6) is 11.6 Å². The zero-order valence-electron chi connectivity index (χ0n) is 15.5. The van der Waals surface area contributed by atoms with Crippen molar-refractivity contribution in [2.75, 3.05) is 18.6 Å². The highest BCUT2D eigenvalue weighted by Gasteiger charge is 2.31. The third-order valence-corrected chi connectivity index (χ3v) is 4.56. The smallest absolute Gasteiger partial charge is 0.276 e. The second-order valence-corrected chi connectivity index (χ2v) is 6.53. The fourth-order valence-corrected chi connectivity index (χ4v) is 3.16. The molecule has 1 aromatic carbocycles. The third-order valence-electron chi connectivity index (χ3n) is 4.56. The quantitative estimate of drug-likeness (QED) is 0.678. The number of halogens is 1. The van der Waals surface area contributed by atoms with Crippen molar-refractivity contribution < 1.29 is 18.7 Å². The van der Waals surface area contributed by atoms with Gasteiger partial charge in [-0.3, -0.25) is 9.48 Å². The number of fused-ring (bicyclic) bond motifs is 1. The van der Waals surface area contributed by atoms with E-state index in [1.165, 1.54) is 12.1 Å². The Kier molecular flexibility index (Phi) is 4.68. The monoisotopic (exact) mass is 382 g/mol. The number of nitrogens with zero attached hydrogens (tertiary/aromatic N) is 4. The molecule has 3 aromatic rings. The molecule has 1 amide bonds. The van der Waals surface area contributed by atoms with E-state index in [0.29, 0.717) is 35.2 Å². The lowest BCUT2D eigenvalue weighted by Crippen LogP contribution is -2.42. The molecule has 0 saturated carbocycles. The maximum atomic E-state index is 13.2. The Morgan fingerprint density at radius 1 is 1.21 bits per heavy atom. The average molecular weight is 382 g/mol. The van der Waals surface area contributed by atoms with E-state index in [2.05, 4.69) is 10.1 Å². The molecule has 7 nitrogen and oxygen atoms in total. The number of amides is 1. The van der Waals surface area contributed by atoms with Crippen LogP contribution in [0.15, 0.2) is 48.7 Å². The number of benzene rings is 1. The van der Waals surface area contributed by atoms with Gasteiger partial charge >= 0.3 is 0 Å². The van der Waals surface area contributed by atoms with Gasteiger partial charge in [-0.25, -0.2) is 9.37 Å². The molecule has 1 aliphatic rings. The lowest BCUT2D eigenvalue weighted by molar-refractivity contribution is 0.0953. The van der Waals surface area contributed by atoms with Gasteiger partial charge in [0.05, 0.1) is 13.2 Å². The number of hydrogen-bond donors (Lipinski definition) is 0. The van der Waals surface area contributed by atoms with E-state index in [1.807, 2.05) is 6.92 Å². The van der Waals surface area contributed by atoms with Crippen molar-refractivity contribution in [1.82, 2.24) is 14.8 Å². The van der Waals surface area contributed by atoms with Crippen molar-refractivity contribution in [3.63, 3.8) is 0 Å². The molecule has 0 fully saturated rings. The highest BCUT2D eigenvalue weighted by atomic mass is 19.1. The Bertz CT molecular complexity index is 1000. The van der Waals surface area contributed by atoms with Crippen LogP contribution in [0.4, 0.5) is 10.1 Å². The number of aromatic nitrogens is 3. The Morgan fingerprint density at radius 3 is 2.75 bits per heavy atom. The minimum absolute atomic E-state index is 0.0264. The predicted molar refractivity (Wildman–Crippen MR) is 100 cm³/mol. The fourth-order valence-electron chi connectivity index (χ4n) is 3.16. The zero-order chi connectivity index (χ0) is 19.7. The second-order valence-electron chi connectivity index (χ2n) is 6.53. The summed E-state index contributed by atoms with van der Waals surface area (Å²) < 4.78 is 25.7. The molecule has 3 heterocycles. The van der Waals surface area contributed by atoms with Gasteiger partial charge in [-0.1, -0.05) is 0 Å². The summed E-state index contributed by atoms with van der Waals surface area (Å²) in [6.07, 6.45) is 1.60. The summed E-state index contributed by atoms with van der Waals surface area (Å²) in [7, 11) is 1.57. The van der Waals surface area contributed by atoms with E-state index >= 15 is 0 Å². The molecule has 144 valence electrons. The molecule has 0 radical (unpaired) electrons. The Hall–Kier alpha value is -3.42. The first-order chi connectivity index (χ1) is 13.5. The number of hydrogen-bond acceptors (Lipinski definition) is 5. The van der Waals surface area contributed by atoms with Gasteiger partial charge in [0.1, 0.15) is 29.6 Å². The number of anilines is 1. The average Bonchev–Trinajstić information content (AvgIpc) is 3.15. The first-order valence-electron chi connectivity index (χ1n) is 8.84. The summed E-state index contributed by atoms with van der Waals surface area (Å²) in [4.78, 5) is 18.7. The van der Waals surface area contributed by atoms with Crippen molar-refractivity contribution in [2.24, 2.45) is 0 Å². The first kappa shape index (κ1) is 18.0. The molecule has 8 heteroatoms. The second kappa shape index (κ2) is 7.30. The molecule has 0 unspecified atom stereocenters. The van der Waals surface area contributed by atoms with E-state index in [1.54, 1.807) is 53.2 Å². The van der Waals surface area contributed by atoms with E-state index in [4.69, 9.17) is 9.47 Å². The van der Waals surface area contributed by atoms with Crippen molar-refractivity contribution in [3.05, 3.63) is 65.9 Å². The van der Waals surface area contributed by atoms with E-state index < -0.39 is 0 Å². The van der Waals surface area contributed by atoms with Crippen LogP contribution >= 0.6 is 0 Å². The highest BCUT2D eigenvalue weighted by molar-refractivity contribution is 6.05. The van der Waals surface area contributed by atoms with Gasteiger partial charge in [-0.2, -0.15) is 5.10 Å². The number of rotatable bonds is 5. The van der Waals surface area contributed by atoms with E-state index in [-0.39, 0.29) is 24.4 Å². The van der Waals surface area contributed by atoms with Gasteiger partial charge in [-0.15, -0.1) is 0 Å². The highest BCUT2D eigenvalue weighted by Crippen LogP contribution is 2.27. The number of pyridine rings is 1. The summed E-state index contributed by atoms with van der Waals surface area (Å²) >= 11 is 0. The van der Waals surface area contributed by atoms with Gasteiger partial charge < -0.3 is 14.4 Å². The van der Waals surface area contributed by atoms with Crippen molar-refractivity contribution in [1.29, 1.82) is 0 Å². The molecule has 0 aliphatic carbocycles. The first-order valence-corrected chi connectivity index (χ1v) is 8.84. The molecule has 28 heavy (non-hydrogen) atoms. The summed E-state index contributed by atoms with van der Waals surface area (Å²) in [5, 5.41) is 4.51. The molecule has 2 aromatic heterocycles. The van der Waals surface area contributed by atoms with E-state index in [0.717, 1.165) is 0 Å². The molecule has 1 aliphatic heterocycles. The van der Waals surface area contributed by atoms with Crippen LogP contribution in [0, 0.1) is 5.82 Å². The minimum atomic E-state index is -0.336. The third kappa shape index (κ3) is 3.40. The standard InChI is InChI=1S/C20H19FN4O3/c1-13-11-24(16-5-3-14(21)4-6-16)20(26)18-9-15(23-25(13)18)12-28-19-10-17(27-2)7-8-22-19/h3-10,13H,11-12H2,1-2H3/t13-/m1/s1. The Morgan fingerprint density at radius 2 is 2.00 bits per heavy atom. The maximum Gasteiger partial charge on any atom is 0.276 e. The van der Waals surface area contributed by atoms with Crippen molar-refractivity contribution in [2.45, 2.75) is 19.6 Å². The summed E-state index contributed by atoms with van der Waals surface area (Å²) in [6.45, 7) is 2.61. The van der Waals surface area contributed by atoms with Gasteiger partial charge in [-0.05, 0) is 43.3 Å². The Labute approximate surface area is 161 Å². The zero-order valence-corrected chi connectivity index (χ0v) is 15.5.